The van der Waals surface area contributed by atoms with Gasteiger partial charge in [-0.3, -0.25) is 0 Å². The summed E-state index contributed by atoms with van der Waals surface area (Å²) in [4.78, 5) is 0. The van der Waals surface area contributed by atoms with E-state index in [0.29, 0.717) is 0 Å². The second-order valence-electron chi connectivity index (χ2n) is 3.06. The molecule has 0 heterocycles. The highest BCUT2D eigenvalue weighted by atomic mass is 79.9. The highest BCUT2D eigenvalue weighted by Gasteiger charge is 1.87. The lowest BCUT2D eigenvalue weighted by molar-refractivity contribution is 1.32. The van der Waals surface area contributed by atoms with Crippen LogP contribution in [0.25, 0.3) is 0 Å². The van der Waals surface area contributed by atoms with E-state index in [1.807, 2.05) is 24.3 Å². The van der Waals surface area contributed by atoms with E-state index in [-0.39, 0.29) is 0 Å². The molecule has 0 radical (unpaired) electrons. The van der Waals surface area contributed by atoms with Crippen molar-refractivity contribution in [1.29, 1.82) is 0 Å². The van der Waals surface area contributed by atoms with Gasteiger partial charge in [-0.2, -0.15) is 0 Å². The molecule has 0 N–H and O–H groups in total. The van der Waals surface area contributed by atoms with Gasteiger partial charge in [-0.05, 0) is 24.3 Å². The molecule has 0 amide bonds. The maximum absolute atomic E-state index is 3.35. The van der Waals surface area contributed by atoms with Crippen LogP contribution in [0, 0.1) is 23.7 Å². The molecule has 0 aliphatic rings. The molecule has 0 unspecified atom stereocenters. The lowest BCUT2D eigenvalue weighted by atomic mass is 10.1. The summed E-state index contributed by atoms with van der Waals surface area (Å²) in [5.41, 5.74) is 2.10. The third-order valence-corrected chi connectivity index (χ3v) is 2.58. The van der Waals surface area contributed by atoms with Crippen LogP contribution in [0.15, 0.2) is 24.3 Å². The molecule has 1 aromatic carbocycles. The second-order valence-corrected chi connectivity index (χ2v) is 4.64. The zero-order valence-corrected chi connectivity index (χ0v) is 12.1. The fraction of sp³-hybridized carbons (Fsp3) is 0.286. The lowest BCUT2D eigenvalue weighted by Gasteiger charge is -1.91. The minimum atomic E-state index is 0.882. The molecule has 0 nitrogen and oxygen atoms in total. The number of halogens is 2. The Morgan fingerprint density at radius 1 is 0.750 bits per heavy atom. The van der Waals surface area contributed by atoms with E-state index in [1.54, 1.807) is 0 Å². The topological polar surface area (TPSA) is 0 Å². The van der Waals surface area contributed by atoms with Crippen LogP contribution in [-0.2, 0) is 0 Å². The molecule has 0 aromatic heterocycles. The molecule has 0 saturated heterocycles. The van der Waals surface area contributed by atoms with Gasteiger partial charge in [-0.1, -0.05) is 55.5 Å². The van der Waals surface area contributed by atoms with Crippen molar-refractivity contribution in [1.82, 2.24) is 0 Å². The molecule has 82 valence electrons. The van der Waals surface area contributed by atoms with E-state index in [4.69, 9.17) is 0 Å². The van der Waals surface area contributed by atoms with Gasteiger partial charge in [-0.25, -0.2) is 0 Å². The lowest BCUT2D eigenvalue weighted by Crippen LogP contribution is -1.78. The Bertz CT molecular complexity index is 381. The maximum Gasteiger partial charge on any atom is 0.0246 e. The maximum atomic E-state index is 3.35. The van der Waals surface area contributed by atoms with Gasteiger partial charge in [0.1, 0.15) is 0 Å². The number of benzene rings is 1. The van der Waals surface area contributed by atoms with Crippen LogP contribution in [0.2, 0.25) is 0 Å². The first-order valence-electron chi connectivity index (χ1n) is 5.06. The molecule has 0 atom stereocenters. The molecule has 0 bridgehead atoms. The third kappa shape index (κ3) is 5.40. The minimum absolute atomic E-state index is 0.882. The molecule has 0 aliphatic heterocycles. The molecule has 0 fully saturated rings. The van der Waals surface area contributed by atoms with Gasteiger partial charge < -0.3 is 0 Å². The first-order chi connectivity index (χ1) is 7.86. The van der Waals surface area contributed by atoms with E-state index >= 15 is 0 Å². The Labute approximate surface area is 114 Å². The average molecular weight is 340 g/mol. The molecule has 1 aromatic rings. The van der Waals surface area contributed by atoms with Gasteiger partial charge in [0.05, 0.1) is 0 Å². The van der Waals surface area contributed by atoms with Crippen LogP contribution >= 0.6 is 31.9 Å². The first-order valence-corrected chi connectivity index (χ1v) is 7.31. The molecule has 0 saturated carbocycles. The average Bonchev–Trinajstić information content (AvgIpc) is 2.32. The predicted octanol–water partition coefficient (Wildman–Crippen LogP) is 3.96. The predicted molar refractivity (Wildman–Crippen MR) is 77.0 cm³/mol. The van der Waals surface area contributed by atoms with Gasteiger partial charge >= 0.3 is 0 Å². The summed E-state index contributed by atoms with van der Waals surface area (Å²) in [5.74, 6) is 12.4. The van der Waals surface area contributed by atoms with Crippen molar-refractivity contribution < 1.29 is 0 Å². The van der Waals surface area contributed by atoms with E-state index < -0.39 is 0 Å². The summed E-state index contributed by atoms with van der Waals surface area (Å²) < 4.78 is 0. The standard InChI is InChI=1S/C14H12Br2/c15-11-3-1-5-13-7-9-14(10-8-13)6-2-4-12-16/h7-10H,3-4,11-12H2. The van der Waals surface area contributed by atoms with Gasteiger partial charge in [-0.15, -0.1) is 0 Å². The van der Waals surface area contributed by atoms with Gasteiger partial charge in [0.15, 0.2) is 0 Å². The van der Waals surface area contributed by atoms with Crippen LogP contribution in [0.4, 0.5) is 0 Å². The van der Waals surface area contributed by atoms with E-state index in [2.05, 4.69) is 55.5 Å². The SMILES string of the molecule is BrCCC#Cc1ccc(C#CCCBr)cc1. The largest absolute Gasteiger partial charge is 0.0970 e. The van der Waals surface area contributed by atoms with Crippen molar-refractivity contribution in [3.05, 3.63) is 35.4 Å². The number of hydrogen-bond acceptors (Lipinski definition) is 0. The summed E-state index contributed by atoms with van der Waals surface area (Å²) in [7, 11) is 0. The monoisotopic (exact) mass is 338 g/mol. The van der Waals surface area contributed by atoms with Crippen molar-refractivity contribution in [2.45, 2.75) is 12.8 Å². The quantitative estimate of drug-likeness (QED) is 0.565. The van der Waals surface area contributed by atoms with Gasteiger partial charge in [0.2, 0.25) is 0 Å². The van der Waals surface area contributed by atoms with Crippen molar-refractivity contribution in [3.8, 4) is 23.7 Å². The van der Waals surface area contributed by atoms with Gasteiger partial charge in [0.25, 0.3) is 0 Å². The molecule has 0 spiro atoms. The molecule has 2 heteroatoms. The van der Waals surface area contributed by atoms with Crippen LogP contribution in [-0.4, -0.2) is 10.7 Å². The number of alkyl halides is 2. The molecular formula is C14H12Br2. The molecular weight excluding hydrogens is 328 g/mol. The summed E-state index contributed by atoms with van der Waals surface area (Å²) in [6, 6.07) is 8.05. The van der Waals surface area contributed by atoms with E-state index in [9.17, 15) is 0 Å². The summed E-state index contributed by atoms with van der Waals surface area (Å²) >= 11 is 6.69. The van der Waals surface area contributed by atoms with Crippen LogP contribution < -0.4 is 0 Å². The molecule has 16 heavy (non-hydrogen) atoms. The van der Waals surface area contributed by atoms with E-state index in [0.717, 1.165) is 34.6 Å². The molecule has 1 rings (SSSR count). The normalized spacial score (nSPS) is 8.62. The Hall–Kier alpha value is -0.700. The third-order valence-electron chi connectivity index (χ3n) is 1.79. The van der Waals surface area contributed by atoms with E-state index in [1.165, 1.54) is 0 Å². The fourth-order valence-corrected chi connectivity index (χ4v) is 1.46. The first kappa shape index (κ1) is 13.4. The van der Waals surface area contributed by atoms with Crippen LogP contribution in [0.3, 0.4) is 0 Å². The smallest absolute Gasteiger partial charge is 0.0246 e. The Kier molecular flexibility index (Phi) is 7.06. The Morgan fingerprint density at radius 2 is 1.12 bits per heavy atom. The van der Waals surface area contributed by atoms with Crippen molar-refractivity contribution in [3.63, 3.8) is 0 Å². The van der Waals surface area contributed by atoms with Crippen molar-refractivity contribution >= 4 is 31.9 Å². The Balaban J connectivity index is 2.63. The highest BCUT2D eigenvalue weighted by Crippen LogP contribution is 2.02. The number of rotatable bonds is 2. The summed E-state index contributed by atoms with van der Waals surface area (Å²) in [5, 5.41) is 1.85. The van der Waals surface area contributed by atoms with Crippen LogP contribution in [0.1, 0.15) is 24.0 Å². The molecule has 0 aliphatic carbocycles. The zero-order valence-electron chi connectivity index (χ0n) is 8.89. The number of hydrogen-bond donors (Lipinski definition) is 0. The summed E-state index contributed by atoms with van der Waals surface area (Å²) in [6.07, 6.45) is 1.76. The zero-order chi connectivity index (χ0) is 11.6. The van der Waals surface area contributed by atoms with Gasteiger partial charge in [0, 0.05) is 34.6 Å². The second kappa shape index (κ2) is 8.45. The minimum Gasteiger partial charge on any atom is -0.0970 e. The fourth-order valence-electron chi connectivity index (χ4n) is 1.06. The van der Waals surface area contributed by atoms with Crippen molar-refractivity contribution in [2.75, 3.05) is 10.7 Å². The van der Waals surface area contributed by atoms with Crippen molar-refractivity contribution in [2.24, 2.45) is 0 Å². The highest BCUT2D eigenvalue weighted by molar-refractivity contribution is 9.09. The van der Waals surface area contributed by atoms with Crippen LogP contribution in [0.5, 0.6) is 0 Å². The Morgan fingerprint density at radius 3 is 1.44 bits per heavy atom. The summed E-state index contributed by atoms with van der Waals surface area (Å²) in [6.45, 7) is 0.